The Balaban J connectivity index is 2.39. The van der Waals surface area contributed by atoms with Crippen LogP contribution in [0.4, 0.5) is 26.3 Å². The van der Waals surface area contributed by atoms with Gasteiger partial charge in [0.05, 0.1) is 17.0 Å². The summed E-state index contributed by atoms with van der Waals surface area (Å²) in [6.45, 7) is 4.03. The SMILES string of the molecule is Cc1c(C(F)(F)F)ccc2c1C(N1CCCC1=O)=C(N(C)C(=O)C(F)(F)F)C(C)(C)O2. The Kier molecular flexibility index (Phi) is 5.31. The Labute approximate surface area is 174 Å². The fourth-order valence-electron chi connectivity index (χ4n) is 4.10. The second-order valence-electron chi connectivity index (χ2n) is 7.93. The van der Waals surface area contributed by atoms with Crippen molar-refractivity contribution < 1.29 is 40.7 Å². The summed E-state index contributed by atoms with van der Waals surface area (Å²) in [5.74, 6) is -2.70. The number of hydrogen-bond acceptors (Lipinski definition) is 3. The summed E-state index contributed by atoms with van der Waals surface area (Å²) in [5, 5.41) is 0. The van der Waals surface area contributed by atoms with E-state index in [9.17, 15) is 35.9 Å². The van der Waals surface area contributed by atoms with Gasteiger partial charge in [0.15, 0.2) is 0 Å². The normalized spacial score (nSPS) is 18.8. The molecule has 0 aliphatic carbocycles. The number of halogens is 6. The first-order chi connectivity index (χ1) is 14.1. The minimum Gasteiger partial charge on any atom is -0.481 e. The van der Waals surface area contributed by atoms with Crippen LogP contribution in [0, 0.1) is 6.92 Å². The number of ether oxygens (including phenoxy) is 1. The molecule has 1 aromatic carbocycles. The van der Waals surface area contributed by atoms with E-state index >= 15 is 0 Å². The molecular formula is C20H20F6N2O3. The molecule has 0 unspecified atom stereocenters. The molecule has 0 bridgehead atoms. The van der Waals surface area contributed by atoms with E-state index in [1.54, 1.807) is 0 Å². The summed E-state index contributed by atoms with van der Waals surface area (Å²) in [6.07, 6.45) is -9.51. The molecule has 1 aromatic rings. The first-order valence-electron chi connectivity index (χ1n) is 9.37. The number of amides is 2. The van der Waals surface area contributed by atoms with Gasteiger partial charge in [-0.3, -0.25) is 9.59 Å². The van der Waals surface area contributed by atoms with Crippen molar-refractivity contribution in [3.05, 3.63) is 34.5 Å². The van der Waals surface area contributed by atoms with Crippen LogP contribution < -0.4 is 4.74 Å². The molecule has 0 spiro atoms. The zero-order valence-corrected chi connectivity index (χ0v) is 17.2. The van der Waals surface area contributed by atoms with Gasteiger partial charge >= 0.3 is 18.3 Å². The molecule has 31 heavy (non-hydrogen) atoms. The molecule has 1 fully saturated rings. The van der Waals surface area contributed by atoms with Gasteiger partial charge in [0.2, 0.25) is 5.91 Å². The Hall–Kier alpha value is -2.72. The maximum Gasteiger partial charge on any atom is 0.471 e. The number of carbonyl (C=O) groups excluding carboxylic acids is 2. The number of fused-ring (bicyclic) bond motifs is 1. The predicted octanol–water partition coefficient (Wildman–Crippen LogP) is 4.50. The number of hydrogen-bond donors (Lipinski definition) is 0. The van der Waals surface area contributed by atoms with Crippen molar-refractivity contribution >= 4 is 17.5 Å². The second-order valence-corrected chi connectivity index (χ2v) is 7.93. The minimum absolute atomic E-state index is 0.0122. The Bertz CT molecular complexity index is 978. The van der Waals surface area contributed by atoms with E-state index in [0.29, 0.717) is 11.3 Å². The number of nitrogens with zero attached hydrogens (tertiary/aromatic N) is 2. The monoisotopic (exact) mass is 450 g/mol. The second kappa shape index (κ2) is 7.16. The van der Waals surface area contributed by atoms with Gasteiger partial charge in [0.1, 0.15) is 11.4 Å². The highest BCUT2D eigenvalue weighted by atomic mass is 19.4. The average molecular weight is 450 g/mol. The van der Waals surface area contributed by atoms with Crippen molar-refractivity contribution in [3.63, 3.8) is 0 Å². The fraction of sp³-hybridized carbons (Fsp3) is 0.500. The van der Waals surface area contributed by atoms with Crippen LogP contribution in [-0.2, 0) is 15.8 Å². The van der Waals surface area contributed by atoms with Gasteiger partial charge < -0.3 is 14.5 Å². The molecule has 0 atom stereocenters. The average Bonchev–Trinajstić information content (AvgIpc) is 3.02. The molecule has 5 nitrogen and oxygen atoms in total. The third-order valence-electron chi connectivity index (χ3n) is 5.35. The van der Waals surface area contributed by atoms with E-state index in [1.807, 2.05) is 0 Å². The zero-order valence-electron chi connectivity index (χ0n) is 17.2. The molecule has 3 rings (SSSR count). The molecule has 2 amide bonds. The smallest absolute Gasteiger partial charge is 0.471 e. The Morgan fingerprint density at radius 1 is 1.16 bits per heavy atom. The van der Waals surface area contributed by atoms with Gasteiger partial charge in [-0.1, -0.05) is 0 Å². The van der Waals surface area contributed by atoms with Crippen molar-refractivity contribution in [2.75, 3.05) is 13.6 Å². The van der Waals surface area contributed by atoms with E-state index in [0.717, 1.165) is 31.0 Å². The van der Waals surface area contributed by atoms with E-state index < -0.39 is 35.3 Å². The van der Waals surface area contributed by atoms with E-state index in [1.165, 1.54) is 13.8 Å². The summed E-state index contributed by atoms with van der Waals surface area (Å²) in [5.41, 5.74) is -3.52. The summed E-state index contributed by atoms with van der Waals surface area (Å²) in [6, 6.07) is 1.90. The van der Waals surface area contributed by atoms with Crippen LogP contribution in [-0.4, -0.2) is 47.0 Å². The third-order valence-corrected chi connectivity index (χ3v) is 5.35. The predicted molar refractivity (Wildman–Crippen MR) is 97.6 cm³/mol. The third kappa shape index (κ3) is 3.85. The Morgan fingerprint density at radius 3 is 2.26 bits per heavy atom. The fourth-order valence-corrected chi connectivity index (χ4v) is 4.10. The largest absolute Gasteiger partial charge is 0.481 e. The highest BCUT2D eigenvalue weighted by Crippen LogP contribution is 2.48. The first kappa shape index (κ1) is 23.0. The molecule has 2 aliphatic heterocycles. The van der Waals surface area contributed by atoms with E-state index in [2.05, 4.69) is 0 Å². The number of alkyl halides is 6. The summed E-state index contributed by atoms with van der Waals surface area (Å²) >= 11 is 0. The molecule has 11 heteroatoms. The number of benzene rings is 1. The lowest BCUT2D eigenvalue weighted by Gasteiger charge is -2.43. The van der Waals surface area contributed by atoms with Crippen molar-refractivity contribution in [1.29, 1.82) is 0 Å². The molecule has 170 valence electrons. The number of likely N-dealkylation sites (tertiary alicyclic amines) is 1. The van der Waals surface area contributed by atoms with Crippen LogP contribution in [0.1, 0.15) is 43.4 Å². The maximum atomic E-state index is 13.5. The molecule has 2 heterocycles. The van der Waals surface area contributed by atoms with Crippen LogP contribution in [0.5, 0.6) is 5.75 Å². The standard InChI is InChI=1S/C20H20F6N2O3/c1-10-11(19(21,22)23)7-8-12-14(10)15(28-9-5-6-13(28)29)16(18(2,3)31-12)27(4)17(30)20(24,25)26/h7-8H,5-6,9H2,1-4H3. The van der Waals surface area contributed by atoms with E-state index in [4.69, 9.17) is 4.74 Å². The molecule has 0 N–H and O–H groups in total. The van der Waals surface area contributed by atoms with Gasteiger partial charge in [-0.15, -0.1) is 0 Å². The lowest BCUT2D eigenvalue weighted by atomic mass is 9.89. The Morgan fingerprint density at radius 2 is 1.77 bits per heavy atom. The number of likely N-dealkylation sites (N-methyl/N-ethyl adjacent to an activating group) is 1. The lowest BCUT2D eigenvalue weighted by molar-refractivity contribution is -0.183. The van der Waals surface area contributed by atoms with Gasteiger partial charge in [-0.25, -0.2) is 0 Å². The number of rotatable bonds is 2. The molecule has 0 aromatic heterocycles. The van der Waals surface area contributed by atoms with Crippen LogP contribution in [0.3, 0.4) is 0 Å². The van der Waals surface area contributed by atoms with Gasteiger partial charge in [-0.05, 0) is 44.9 Å². The molecule has 2 aliphatic rings. The van der Waals surface area contributed by atoms with Crippen molar-refractivity contribution in [1.82, 2.24) is 9.80 Å². The highest BCUT2D eigenvalue weighted by molar-refractivity contribution is 5.94. The van der Waals surface area contributed by atoms with Crippen LogP contribution in [0.25, 0.3) is 5.70 Å². The van der Waals surface area contributed by atoms with Gasteiger partial charge in [0, 0.05) is 25.6 Å². The van der Waals surface area contributed by atoms with Crippen molar-refractivity contribution in [2.24, 2.45) is 0 Å². The molecule has 1 saturated heterocycles. The molecule has 0 saturated carbocycles. The topological polar surface area (TPSA) is 49.9 Å². The van der Waals surface area contributed by atoms with Crippen LogP contribution in [0.15, 0.2) is 17.8 Å². The highest BCUT2D eigenvalue weighted by Gasteiger charge is 2.50. The summed E-state index contributed by atoms with van der Waals surface area (Å²) < 4.78 is 86.0. The minimum atomic E-state index is -5.24. The van der Waals surface area contributed by atoms with Crippen LogP contribution in [0.2, 0.25) is 0 Å². The first-order valence-corrected chi connectivity index (χ1v) is 9.37. The molecular weight excluding hydrogens is 430 g/mol. The van der Waals surface area contributed by atoms with E-state index in [-0.39, 0.29) is 41.2 Å². The number of carbonyl (C=O) groups is 2. The van der Waals surface area contributed by atoms with Crippen molar-refractivity contribution in [3.8, 4) is 5.75 Å². The van der Waals surface area contributed by atoms with Gasteiger partial charge in [0.25, 0.3) is 0 Å². The van der Waals surface area contributed by atoms with Crippen LogP contribution >= 0.6 is 0 Å². The molecule has 0 radical (unpaired) electrons. The summed E-state index contributed by atoms with van der Waals surface area (Å²) in [7, 11) is 0.866. The zero-order chi connectivity index (χ0) is 23.5. The van der Waals surface area contributed by atoms with Gasteiger partial charge in [-0.2, -0.15) is 26.3 Å². The van der Waals surface area contributed by atoms with Crippen molar-refractivity contribution in [2.45, 2.75) is 51.6 Å². The maximum absolute atomic E-state index is 13.5. The summed E-state index contributed by atoms with van der Waals surface area (Å²) in [4.78, 5) is 26.0. The lowest BCUT2D eigenvalue weighted by Crippen LogP contribution is -2.49. The quantitative estimate of drug-likeness (QED) is 0.624.